The third-order valence-corrected chi connectivity index (χ3v) is 4.86. The molecule has 2 aromatic carbocycles. The minimum absolute atomic E-state index is 0.0345. The number of nitrogens with one attached hydrogen (secondary N) is 1. The maximum atomic E-state index is 13.5. The normalized spacial score (nSPS) is 11.5. The second-order valence-corrected chi connectivity index (χ2v) is 6.93. The molecule has 10 nitrogen and oxygen atoms in total. The molecule has 0 unspecified atom stereocenters. The first-order valence-corrected chi connectivity index (χ1v) is 9.55. The van der Waals surface area contributed by atoms with Crippen molar-refractivity contribution < 1.29 is 0 Å². The third kappa shape index (κ3) is 3.42. The predicted octanol–water partition coefficient (Wildman–Crippen LogP) is 2.26. The minimum Gasteiger partial charge on any atom is -0.382 e. The maximum Gasteiger partial charge on any atom is 0.267 e. The van der Waals surface area contributed by atoms with Gasteiger partial charge in [-0.2, -0.15) is 20.5 Å². The van der Waals surface area contributed by atoms with Gasteiger partial charge in [0.2, 0.25) is 5.95 Å². The number of fused-ring (bicyclic) bond motifs is 1. The van der Waals surface area contributed by atoms with Crippen LogP contribution in [0.2, 0.25) is 0 Å². The second kappa shape index (κ2) is 8.05. The summed E-state index contributed by atoms with van der Waals surface area (Å²) < 4.78 is 1.43. The zero-order valence-electron chi connectivity index (χ0n) is 16.9. The Bertz CT molecular complexity index is 1480. The highest BCUT2D eigenvalue weighted by Crippen LogP contribution is 2.25. The number of nitrogens with two attached hydrogens (primary N) is 2. The van der Waals surface area contributed by atoms with Crippen molar-refractivity contribution in [2.24, 2.45) is 0 Å². The van der Waals surface area contributed by atoms with E-state index < -0.39 is 6.04 Å². The van der Waals surface area contributed by atoms with E-state index in [1.54, 1.807) is 49.4 Å². The predicted molar refractivity (Wildman–Crippen MR) is 120 cm³/mol. The average molecular weight is 423 g/mol. The highest BCUT2D eigenvalue weighted by atomic mass is 16.1. The van der Waals surface area contributed by atoms with E-state index >= 15 is 0 Å². The van der Waals surface area contributed by atoms with Crippen LogP contribution in [0, 0.1) is 22.7 Å². The van der Waals surface area contributed by atoms with Crippen LogP contribution in [-0.4, -0.2) is 19.5 Å². The number of rotatable bonds is 4. The molecular formula is C22H17N9O. The molecular weight excluding hydrogens is 406 g/mol. The van der Waals surface area contributed by atoms with Crippen molar-refractivity contribution in [1.82, 2.24) is 19.5 Å². The first-order valence-electron chi connectivity index (χ1n) is 9.55. The largest absolute Gasteiger partial charge is 0.382 e. The van der Waals surface area contributed by atoms with Gasteiger partial charge in [-0.05, 0) is 31.2 Å². The van der Waals surface area contributed by atoms with E-state index in [0.29, 0.717) is 17.0 Å². The molecule has 0 bridgehead atoms. The third-order valence-electron chi connectivity index (χ3n) is 4.86. The van der Waals surface area contributed by atoms with E-state index in [2.05, 4.69) is 26.3 Å². The molecule has 0 aliphatic carbocycles. The summed E-state index contributed by atoms with van der Waals surface area (Å²) in [5.74, 6) is 0.329. The summed E-state index contributed by atoms with van der Waals surface area (Å²) in [6.07, 6.45) is 0. The molecule has 2 aromatic heterocycles. The Morgan fingerprint density at radius 2 is 1.75 bits per heavy atom. The molecule has 5 N–H and O–H groups in total. The van der Waals surface area contributed by atoms with E-state index in [-0.39, 0.29) is 39.7 Å². The summed E-state index contributed by atoms with van der Waals surface area (Å²) in [5, 5.41) is 22.2. The van der Waals surface area contributed by atoms with Crippen molar-refractivity contribution >= 4 is 28.5 Å². The Morgan fingerprint density at radius 3 is 2.44 bits per heavy atom. The van der Waals surface area contributed by atoms with Crippen molar-refractivity contribution in [2.75, 3.05) is 16.8 Å². The SMILES string of the molecule is C[C@H](Nc1nc(N)nc(N)c1C#N)c1nc2cccc(C#N)c2c(=O)n1-c1ccccc1. The molecule has 0 spiro atoms. The molecule has 0 saturated carbocycles. The first kappa shape index (κ1) is 20.3. The molecule has 32 heavy (non-hydrogen) atoms. The van der Waals surface area contributed by atoms with Crippen LogP contribution in [0.1, 0.15) is 29.9 Å². The molecule has 0 aliphatic rings. The maximum absolute atomic E-state index is 13.5. The van der Waals surface area contributed by atoms with Gasteiger partial charge in [0.05, 0.1) is 28.2 Å². The Morgan fingerprint density at radius 1 is 1.00 bits per heavy atom. The zero-order valence-corrected chi connectivity index (χ0v) is 16.9. The van der Waals surface area contributed by atoms with E-state index in [1.807, 2.05) is 12.1 Å². The van der Waals surface area contributed by atoms with Gasteiger partial charge in [-0.25, -0.2) is 4.98 Å². The van der Waals surface area contributed by atoms with Crippen LogP contribution in [0.4, 0.5) is 17.6 Å². The molecule has 4 rings (SSSR count). The number of nitrogens with zero attached hydrogens (tertiary/aromatic N) is 6. The second-order valence-electron chi connectivity index (χ2n) is 6.93. The Balaban J connectivity index is 1.96. The molecule has 10 heteroatoms. The number of anilines is 3. The summed E-state index contributed by atoms with van der Waals surface area (Å²) in [5.41, 5.74) is 12.3. The number of para-hydroxylation sites is 1. The lowest BCUT2D eigenvalue weighted by Gasteiger charge is -2.21. The summed E-state index contributed by atoms with van der Waals surface area (Å²) in [7, 11) is 0. The molecule has 2 heterocycles. The van der Waals surface area contributed by atoms with Crippen molar-refractivity contribution in [3.63, 3.8) is 0 Å². The van der Waals surface area contributed by atoms with Gasteiger partial charge in [0.1, 0.15) is 29.3 Å². The van der Waals surface area contributed by atoms with E-state index in [9.17, 15) is 15.3 Å². The fourth-order valence-corrected chi connectivity index (χ4v) is 3.44. The van der Waals surface area contributed by atoms with E-state index in [4.69, 9.17) is 11.5 Å². The molecule has 0 amide bonds. The van der Waals surface area contributed by atoms with Gasteiger partial charge < -0.3 is 16.8 Å². The Labute approximate surface area is 182 Å². The topological polar surface area (TPSA) is 172 Å². The fourth-order valence-electron chi connectivity index (χ4n) is 3.44. The number of benzene rings is 2. The highest BCUT2D eigenvalue weighted by molar-refractivity contribution is 5.84. The molecule has 0 fully saturated rings. The number of nitriles is 2. The molecule has 1 atom stereocenters. The monoisotopic (exact) mass is 423 g/mol. The van der Waals surface area contributed by atoms with Crippen LogP contribution in [0.25, 0.3) is 16.6 Å². The standard InChI is InChI=1S/C22H17N9O/c1-12(27-19-15(11-24)18(25)29-22(26)30-19)20-28-16-9-5-6-13(10-23)17(16)21(32)31(20)14-7-3-2-4-8-14/h2-9,12H,1H3,(H5,25,26,27,29,30)/t12-/m0/s1. The van der Waals surface area contributed by atoms with Gasteiger partial charge in [-0.1, -0.05) is 24.3 Å². The average Bonchev–Trinajstić information content (AvgIpc) is 2.78. The summed E-state index contributed by atoms with van der Waals surface area (Å²) in [4.78, 5) is 26.1. The number of hydrogen-bond acceptors (Lipinski definition) is 9. The van der Waals surface area contributed by atoms with Gasteiger partial charge in [0, 0.05) is 0 Å². The van der Waals surface area contributed by atoms with Crippen LogP contribution in [0.5, 0.6) is 0 Å². The zero-order chi connectivity index (χ0) is 22.8. The fraction of sp³-hybridized carbons (Fsp3) is 0.0909. The van der Waals surface area contributed by atoms with Crippen LogP contribution in [0.15, 0.2) is 53.3 Å². The van der Waals surface area contributed by atoms with E-state index in [0.717, 1.165) is 0 Å². The Hall–Kier alpha value is -4.96. The highest BCUT2D eigenvalue weighted by Gasteiger charge is 2.21. The number of hydrogen-bond donors (Lipinski definition) is 3. The van der Waals surface area contributed by atoms with Gasteiger partial charge in [0.25, 0.3) is 5.56 Å². The van der Waals surface area contributed by atoms with Crippen LogP contribution in [-0.2, 0) is 0 Å². The van der Waals surface area contributed by atoms with Gasteiger partial charge >= 0.3 is 0 Å². The molecule has 0 aliphatic heterocycles. The number of aromatic nitrogens is 4. The van der Waals surface area contributed by atoms with Crippen molar-refractivity contribution in [3.05, 3.63) is 75.8 Å². The molecule has 0 saturated heterocycles. The summed E-state index contributed by atoms with van der Waals surface area (Å²) in [6.45, 7) is 1.76. The van der Waals surface area contributed by atoms with Gasteiger partial charge in [-0.15, -0.1) is 0 Å². The van der Waals surface area contributed by atoms with E-state index in [1.165, 1.54) is 4.57 Å². The lowest BCUT2D eigenvalue weighted by molar-refractivity contribution is 0.730. The molecule has 4 aromatic rings. The smallest absolute Gasteiger partial charge is 0.267 e. The summed E-state index contributed by atoms with van der Waals surface area (Å²) in [6, 6.07) is 17.3. The van der Waals surface area contributed by atoms with Crippen molar-refractivity contribution in [3.8, 4) is 17.8 Å². The summed E-state index contributed by atoms with van der Waals surface area (Å²) >= 11 is 0. The number of nitrogen functional groups attached to an aromatic ring is 2. The Kier molecular flexibility index (Phi) is 5.11. The van der Waals surface area contributed by atoms with Crippen molar-refractivity contribution in [2.45, 2.75) is 13.0 Å². The lowest BCUT2D eigenvalue weighted by atomic mass is 10.1. The van der Waals surface area contributed by atoms with Crippen LogP contribution >= 0.6 is 0 Å². The lowest BCUT2D eigenvalue weighted by Crippen LogP contribution is -2.28. The molecule has 156 valence electrons. The van der Waals surface area contributed by atoms with Crippen LogP contribution in [0.3, 0.4) is 0 Å². The van der Waals surface area contributed by atoms with Crippen LogP contribution < -0.4 is 22.3 Å². The minimum atomic E-state index is -0.598. The van der Waals surface area contributed by atoms with Crippen molar-refractivity contribution in [1.29, 1.82) is 10.5 Å². The van der Waals surface area contributed by atoms with Gasteiger partial charge in [0.15, 0.2) is 5.82 Å². The van der Waals surface area contributed by atoms with Gasteiger partial charge in [-0.3, -0.25) is 9.36 Å². The first-order chi connectivity index (χ1) is 15.4. The quantitative estimate of drug-likeness (QED) is 0.445. The molecule has 0 radical (unpaired) electrons.